The Hall–Kier alpha value is -2.36. The van der Waals surface area contributed by atoms with Crippen molar-refractivity contribution in [2.75, 3.05) is 14.2 Å². The van der Waals surface area contributed by atoms with Gasteiger partial charge in [0.2, 0.25) is 0 Å². The molecule has 0 N–H and O–H groups in total. The van der Waals surface area contributed by atoms with Crippen molar-refractivity contribution in [1.29, 1.82) is 0 Å². The van der Waals surface area contributed by atoms with Crippen LogP contribution in [0.5, 0.6) is 11.5 Å². The van der Waals surface area contributed by atoms with Gasteiger partial charge >= 0.3 is 0 Å². The summed E-state index contributed by atoms with van der Waals surface area (Å²) in [4.78, 5) is 16.8. The molecule has 0 amide bonds. The van der Waals surface area contributed by atoms with E-state index in [1.54, 1.807) is 32.4 Å². The first-order valence-electron chi connectivity index (χ1n) is 6.87. The minimum Gasteiger partial charge on any atom is -0.497 e. The van der Waals surface area contributed by atoms with E-state index in [-0.39, 0.29) is 12.2 Å². The smallest absolute Gasteiger partial charge is 0.172 e. The Balaban J connectivity index is 2.22. The quantitative estimate of drug-likeness (QED) is 0.765. The summed E-state index contributed by atoms with van der Waals surface area (Å²) in [6.07, 6.45) is 2.99. The van der Waals surface area contributed by atoms with Gasteiger partial charge in [-0.15, -0.1) is 0 Å². The molecule has 0 aliphatic rings. The fourth-order valence-corrected chi connectivity index (χ4v) is 2.06. The molecular formula is C17H19NO3. The molecule has 0 radical (unpaired) electrons. The number of hydrogen-bond acceptors (Lipinski definition) is 4. The van der Waals surface area contributed by atoms with Crippen LogP contribution in [0.1, 0.15) is 28.5 Å². The lowest BCUT2D eigenvalue weighted by Crippen LogP contribution is -2.07. The third-order valence-corrected chi connectivity index (χ3v) is 3.34. The van der Waals surface area contributed by atoms with Crippen LogP contribution in [0, 0.1) is 0 Å². The number of Topliss-reactive ketones (excluding diaryl/α,β-unsaturated/α-hetero) is 1. The van der Waals surface area contributed by atoms with Gasteiger partial charge in [-0.2, -0.15) is 0 Å². The second-order valence-electron chi connectivity index (χ2n) is 4.68. The highest BCUT2D eigenvalue weighted by Crippen LogP contribution is 2.25. The van der Waals surface area contributed by atoms with Gasteiger partial charge < -0.3 is 9.47 Å². The monoisotopic (exact) mass is 285 g/mol. The number of rotatable bonds is 6. The Morgan fingerprint density at radius 1 is 1.14 bits per heavy atom. The summed E-state index contributed by atoms with van der Waals surface area (Å²) in [7, 11) is 3.12. The number of nitrogens with zero attached hydrogens (tertiary/aromatic N) is 1. The summed E-state index contributed by atoms with van der Waals surface area (Å²) >= 11 is 0. The average Bonchev–Trinajstić information content (AvgIpc) is 2.54. The number of benzene rings is 1. The van der Waals surface area contributed by atoms with Crippen molar-refractivity contribution in [3.63, 3.8) is 0 Å². The largest absolute Gasteiger partial charge is 0.497 e. The zero-order valence-electron chi connectivity index (χ0n) is 12.6. The molecule has 1 aromatic heterocycles. The third-order valence-electron chi connectivity index (χ3n) is 3.34. The minimum atomic E-state index is -0.0394. The molecule has 2 rings (SSSR count). The van der Waals surface area contributed by atoms with Gasteiger partial charge in [-0.3, -0.25) is 9.78 Å². The summed E-state index contributed by atoms with van der Waals surface area (Å²) in [5.41, 5.74) is 2.42. The fourth-order valence-electron chi connectivity index (χ4n) is 2.06. The lowest BCUT2D eigenvalue weighted by atomic mass is 10.0. The van der Waals surface area contributed by atoms with Crippen molar-refractivity contribution in [1.82, 2.24) is 4.98 Å². The van der Waals surface area contributed by atoms with E-state index in [0.717, 1.165) is 17.7 Å². The summed E-state index contributed by atoms with van der Waals surface area (Å²) in [6.45, 7) is 2.07. The number of hydrogen-bond donors (Lipinski definition) is 0. The third kappa shape index (κ3) is 3.60. The Morgan fingerprint density at radius 2 is 1.95 bits per heavy atom. The molecule has 0 aliphatic carbocycles. The Labute approximate surface area is 124 Å². The maximum atomic E-state index is 12.4. The van der Waals surface area contributed by atoms with Crippen LogP contribution in [0.25, 0.3) is 0 Å². The number of carbonyl (C=O) groups excluding carboxylic acids is 1. The van der Waals surface area contributed by atoms with E-state index < -0.39 is 0 Å². The first-order chi connectivity index (χ1) is 10.2. The average molecular weight is 285 g/mol. The summed E-state index contributed by atoms with van der Waals surface area (Å²) < 4.78 is 10.4. The van der Waals surface area contributed by atoms with Gasteiger partial charge in [0.1, 0.15) is 11.5 Å². The van der Waals surface area contributed by atoms with Gasteiger partial charge in [-0.25, -0.2) is 0 Å². The molecule has 4 heteroatoms. The van der Waals surface area contributed by atoms with Crippen molar-refractivity contribution in [3.8, 4) is 11.5 Å². The topological polar surface area (TPSA) is 48.4 Å². The maximum absolute atomic E-state index is 12.4. The standard InChI is InChI=1S/C17H19NO3/c1-4-12-5-6-13(18-11-12)9-16(19)15-10-14(20-2)7-8-17(15)21-3/h5-8,10-11H,4,9H2,1-3H3. The van der Waals surface area contributed by atoms with Crippen LogP contribution < -0.4 is 9.47 Å². The van der Waals surface area contributed by atoms with Crippen LogP contribution in [0.15, 0.2) is 36.5 Å². The van der Waals surface area contributed by atoms with E-state index in [9.17, 15) is 4.79 Å². The molecule has 21 heavy (non-hydrogen) atoms. The Kier molecular flexibility index (Phi) is 4.93. The number of pyridine rings is 1. The first kappa shape index (κ1) is 15.0. The van der Waals surface area contributed by atoms with Crippen molar-refractivity contribution in [2.45, 2.75) is 19.8 Å². The van der Waals surface area contributed by atoms with Gasteiger partial charge in [-0.05, 0) is 36.2 Å². The molecule has 0 fully saturated rings. The second kappa shape index (κ2) is 6.88. The number of ketones is 1. The number of aromatic nitrogens is 1. The van der Waals surface area contributed by atoms with Crippen molar-refractivity contribution >= 4 is 5.78 Å². The molecule has 0 bridgehead atoms. The van der Waals surface area contributed by atoms with E-state index in [1.807, 2.05) is 18.3 Å². The molecule has 0 unspecified atom stereocenters. The van der Waals surface area contributed by atoms with E-state index in [4.69, 9.17) is 9.47 Å². The fraction of sp³-hybridized carbons (Fsp3) is 0.294. The number of methoxy groups -OCH3 is 2. The zero-order valence-corrected chi connectivity index (χ0v) is 12.6. The highest BCUT2D eigenvalue weighted by atomic mass is 16.5. The van der Waals surface area contributed by atoms with Gasteiger partial charge in [0, 0.05) is 11.9 Å². The molecule has 0 aliphatic heterocycles. The number of ether oxygens (including phenoxy) is 2. The van der Waals surface area contributed by atoms with Crippen LogP contribution in [-0.4, -0.2) is 25.0 Å². The molecular weight excluding hydrogens is 266 g/mol. The number of carbonyl (C=O) groups is 1. The summed E-state index contributed by atoms with van der Waals surface area (Å²) in [6, 6.07) is 9.09. The molecule has 110 valence electrons. The zero-order chi connectivity index (χ0) is 15.2. The summed E-state index contributed by atoms with van der Waals surface area (Å²) in [5, 5.41) is 0. The van der Waals surface area contributed by atoms with Crippen LogP contribution >= 0.6 is 0 Å². The molecule has 0 atom stereocenters. The van der Waals surface area contributed by atoms with Crippen LogP contribution in [0.3, 0.4) is 0 Å². The highest BCUT2D eigenvalue weighted by Gasteiger charge is 2.14. The second-order valence-corrected chi connectivity index (χ2v) is 4.68. The van der Waals surface area contributed by atoms with Crippen molar-refractivity contribution < 1.29 is 14.3 Å². The summed E-state index contributed by atoms with van der Waals surface area (Å²) in [5.74, 6) is 1.14. The SMILES string of the molecule is CCc1ccc(CC(=O)c2cc(OC)ccc2OC)nc1. The molecule has 0 saturated carbocycles. The maximum Gasteiger partial charge on any atom is 0.172 e. The molecule has 2 aromatic rings. The predicted molar refractivity (Wildman–Crippen MR) is 81.2 cm³/mol. The Morgan fingerprint density at radius 3 is 2.52 bits per heavy atom. The van der Waals surface area contributed by atoms with Gasteiger partial charge in [0.25, 0.3) is 0 Å². The molecule has 0 spiro atoms. The van der Waals surface area contributed by atoms with Crippen LogP contribution in [0.2, 0.25) is 0 Å². The van der Waals surface area contributed by atoms with E-state index in [0.29, 0.717) is 17.1 Å². The van der Waals surface area contributed by atoms with Crippen LogP contribution in [-0.2, 0) is 12.8 Å². The molecule has 0 saturated heterocycles. The Bertz CT molecular complexity index is 620. The lowest BCUT2D eigenvalue weighted by molar-refractivity contribution is 0.0988. The lowest BCUT2D eigenvalue weighted by Gasteiger charge is -2.09. The van der Waals surface area contributed by atoms with Crippen LogP contribution in [0.4, 0.5) is 0 Å². The normalized spacial score (nSPS) is 10.2. The van der Waals surface area contributed by atoms with Gasteiger partial charge in [0.05, 0.1) is 26.2 Å². The van der Waals surface area contributed by atoms with Crippen molar-refractivity contribution in [2.24, 2.45) is 0 Å². The van der Waals surface area contributed by atoms with Gasteiger partial charge in [-0.1, -0.05) is 13.0 Å². The van der Waals surface area contributed by atoms with E-state index in [2.05, 4.69) is 11.9 Å². The van der Waals surface area contributed by atoms with Gasteiger partial charge in [0.15, 0.2) is 5.78 Å². The number of aryl methyl sites for hydroxylation is 1. The predicted octanol–water partition coefficient (Wildman–Crippen LogP) is 3.09. The molecule has 4 nitrogen and oxygen atoms in total. The van der Waals surface area contributed by atoms with E-state index >= 15 is 0 Å². The van der Waals surface area contributed by atoms with E-state index in [1.165, 1.54) is 0 Å². The molecule has 1 aromatic carbocycles. The minimum absolute atomic E-state index is 0.0394. The van der Waals surface area contributed by atoms with Crippen molar-refractivity contribution in [3.05, 3.63) is 53.3 Å². The first-order valence-corrected chi connectivity index (χ1v) is 6.87. The molecule has 1 heterocycles. The highest BCUT2D eigenvalue weighted by molar-refractivity contribution is 6.00.